The molecule has 0 aliphatic heterocycles. The summed E-state index contributed by atoms with van der Waals surface area (Å²) in [6.45, 7) is 0. The van der Waals surface area contributed by atoms with Gasteiger partial charge in [0.1, 0.15) is 0 Å². The van der Waals surface area contributed by atoms with E-state index in [0.29, 0.717) is 12.0 Å². The lowest BCUT2D eigenvalue weighted by Crippen LogP contribution is -2.13. The Labute approximate surface area is 117 Å². The van der Waals surface area contributed by atoms with E-state index >= 15 is 0 Å². The summed E-state index contributed by atoms with van der Waals surface area (Å²) < 4.78 is 26.3. The molecule has 1 nitrogen and oxygen atoms in total. The normalized spacial score (nSPS) is 20.9. The Morgan fingerprint density at radius 1 is 1.05 bits per heavy atom. The van der Waals surface area contributed by atoms with Crippen LogP contribution < -0.4 is 5.32 Å². The van der Waals surface area contributed by atoms with Crippen molar-refractivity contribution < 1.29 is 8.78 Å². The Balaban J connectivity index is 1.87. The van der Waals surface area contributed by atoms with E-state index in [1.165, 1.54) is 23.3 Å². The second-order valence-electron chi connectivity index (χ2n) is 5.36. The lowest BCUT2D eigenvalue weighted by atomic mass is 9.93. The van der Waals surface area contributed by atoms with Gasteiger partial charge in [0, 0.05) is 6.04 Å². The average Bonchev–Trinajstić information content (AvgIpc) is 2.81. The average molecular weight is 273 g/mol. The fourth-order valence-corrected chi connectivity index (χ4v) is 3.16. The van der Waals surface area contributed by atoms with Crippen LogP contribution >= 0.6 is 0 Å². The van der Waals surface area contributed by atoms with Crippen LogP contribution in [0.25, 0.3) is 0 Å². The summed E-state index contributed by atoms with van der Waals surface area (Å²) >= 11 is 0. The molecule has 0 radical (unpaired) electrons. The lowest BCUT2D eigenvalue weighted by molar-refractivity contribution is 0.503. The Morgan fingerprint density at radius 3 is 2.50 bits per heavy atom. The standard InChI is InChI=1S/C17H17F2N/c1-20-17-10-12(13-4-2-3-5-14(13)17)8-11-6-7-15(18)16(19)9-11/h2-7,9,12,17,20H,8,10H2,1H3/t12-,17-/m1/s1. The van der Waals surface area contributed by atoms with E-state index in [4.69, 9.17) is 0 Å². The van der Waals surface area contributed by atoms with Crippen molar-refractivity contribution in [2.24, 2.45) is 0 Å². The summed E-state index contributed by atoms with van der Waals surface area (Å²) in [6, 6.07) is 12.9. The highest BCUT2D eigenvalue weighted by atomic mass is 19.2. The van der Waals surface area contributed by atoms with Crippen LogP contribution in [0, 0.1) is 11.6 Å². The third-order valence-corrected chi connectivity index (χ3v) is 4.15. The van der Waals surface area contributed by atoms with Crippen LogP contribution in [0.5, 0.6) is 0 Å². The predicted octanol–water partition coefficient (Wildman–Crippen LogP) is 3.96. The van der Waals surface area contributed by atoms with Crippen molar-refractivity contribution in [1.29, 1.82) is 0 Å². The molecule has 0 aromatic heterocycles. The molecule has 20 heavy (non-hydrogen) atoms. The van der Waals surface area contributed by atoms with E-state index < -0.39 is 11.6 Å². The van der Waals surface area contributed by atoms with Gasteiger partial charge in [-0.15, -0.1) is 0 Å². The second-order valence-corrected chi connectivity index (χ2v) is 5.36. The Bertz CT molecular complexity index is 624. The largest absolute Gasteiger partial charge is 0.313 e. The molecule has 0 saturated carbocycles. The van der Waals surface area contributed by atoms with Crippen molar-refractivity contribution in [3.05, 3.63) is 70.8 Å². The van der Waals surface area contributed by atoms with Crippen molar-refractivity contribution in [3.63, 3.8) is 0 Å². The monoisotopic (exact) mass is 273 g/mol. The Morgan fingerprint density at radius 2 is 1.80 bits per heavy atom. The van der Waals surface area contributed by atoms with E-state index in [1.807, 2.05) is 19.2 Å². The molecule has 2 aromatic rings. The van der Waals surface area contributed by atoms with E-state index in [0.717, 1.165) is 18.4 Å². The third kappa shape index (κ3) is 2.34. The van der Waals surface area contributed by atoms with E-state index in [-0.39, 0.29) is 0 Å². The second kappa shape index (κ2) is 5.33. The zero-order valence-corrected chi connectivity index (χ0v) is 11.4. The molecule has 104 valence electrons. The summed E-state index contributed by atoms with van der Waals surface area (Å²) in [4.78, 5) is 0. The SMILES string of the molecule is CN[C@@H]1C[C@@H](Cc2ccc(F)c(F)c2)c2ccccc21. The number of hydrogen-bond acceptors (Lipinski definition) is 1. The first-order chi connectivity index (χ1) is 9.69. The quantitative estimate of drug-likeness (QED) is 0.892. The molecule has 0 fully saturated rings. The predicted molar refractivity (Wildman–Crippen MR) is 75.7 cm³/mol. The van der Waals surface area contributed by atoms with Gasteiger partial charge in [-0.1, -0.05) is 30.3 Å². The minimum Gasteiger partial charge on any atom is -0.313 e. The molecule has 0 heterocycles. The fraction of sp³-hybridized carbons (Fsp3) is 0.294. The zero-order chi connectivity index (χ0) is 14.1. The molecule has 0 bridgehead atoms. The summed E-state index contributed by atoms with van der Waals surface area (Å²) in [7, 11) is 1.96. The summed E-state index contributed by atoms with van der Waals surface area (Å²) in [5.41, 5.74) is 3.49. The van der Waals surface area contributed by atoms with Crippen molar-refractivity contribution in [2.75, 3.05) is 7.05 Å². The van der Waals surface area contributed by atoms with Gasteiger partial charge in [0.05, 0.1) is 0 Å². The molecule has 1 aliphatic rings. The van der Waals surface area contributed by atoms with Gasteiger partial charge in [-0.3, -0.25) is 0 Å². The van der Waals surface area contributed by atoms with Crippen molar-refractivity contribution in [2.45, 2.75) is 24.8 Å². The van der Waals surface area contributed by atoms with Gasteiger partial charge in [0.25, 0.3) is 0 Å². The molecular formula is C17H17F2N. The van der Waals surface area contributed by atoms with Gasteiger partial charge >= 0.3 is 0 Å². The van der Waals surface area contributed by atoms with Gasteiger partial charge in [-0.25, -0.2) is 8.78 Å². The van der Waals surface area contributed by atoms with E-state index in [2.05, 4.69) is 17.4 Å². The molecule has 2 atom stereocenters. The molecular weight excluding hydrogens is 256 g/mol. The molecule has 1 aliphatic carbocycles. The highest BCUT2D eigenvalue weighted by Gasteiger charge is 2.29. The molecule has 0 amide bonds. The molecule has 0 unspecified atom stereocenters. The number of benzene rings is 2. The zero-order valence-electron chi connectivity index (χ0n) is 11.4. The Hall–Kier alpha value is -1.74. The van der Waals surface area contributed by atoms with E-state index in [1.54, 1.807) is 6.07 Å². The molecule has 0 spiro atoms. The van der Waals surface area contributed by atoms with Crippen LogP contribution in [-0.4, -0.2) is 7.05 Å². The minimum atomic E-state index is -0.784. The van der Waals surface area contributed by atoms with Crippen LogP contribution in [0.4, 0.5) is 8.78 Å². The topological polar surface area (TPSA) is 12.0 Å². The highest BCUT2D eigenvalue weighted by Crippen LogP contribution is 2.41. The lowest BCUT2D eigenvalue weighted by Gasteiger charge is -2.12. The third-order valence-electron chi connectivity index (χ3n) is 4.15. The van der Waals surface area contributed by atoms with Gasteiger partial charge in [0.15, 0.2) is 11.6 Å². The summed E-state index contributed by atoms with van der Waals surface area (Å²) in [5, 5.41) is 3.32. The Kier molecular flexibility index (Phi) is 3.53. The molecule has 2 aromatic carbocycles. The number of fused-ring (bicyclic) bond motifs is 1. The molecule has 3 heteroatoms. The van der Waals surface area contributed by atoms with Crippen molar-refractivity contribution in [1.82, 2.24) is 5.32 Å². The van der Waals surface area contributed by atoms with Crippen LogP contribution in [0.3, 0.4) is 0 Å². The minimum absolute atomic E-state index is 0.349. The molecule has 1 N–H and O–H groups in total. The van der Waals surface area contributed by atoms with Crippen molar-refractivity contribution >= 4 is 0 Å². The first-order valence-electron chi connectivity index (χ1n) is 6.89. The van der Waals surface area contributed by atoms with Gasteiger partial charge in [0.2, 0.25) is 0 Å². The van der Waals surface area contributed by atoms with Crippen LogP contribution in [0.15, 0.2) is 42.5 Å². The van der Waals surface area contributed by atoms with E-state index in [9.17, 15) is 8.78 Å². The fourth-order valence-electron chi connectivity index (χ4n) is 3.16. The smallest absolute Gasteiger partial charge is 0.159 e. The number of halogens is 2. The molecule has 0 saturated heterocycles. The number of nitrogens with one attached hydrogen (secondary N) is 1. The van der Waals surface area contributed by atoms with Gasteiger partial charge in [-0.2, -0.15) is 0 Å². The summed E-state index contributed by atoms with van der Waals surface area (Å²) in [6.07, 6.45) is 1.74. The number of hydrogen-bond donors (Lipinski definition) is 1. The highest BCUT2D eigenvalue weighted by molar-refractivity contribution is 5.39. The van der Waals surface area contributed by atoms with Crippen LogP contribution in [-0.2, 0) is 6.42 Å². The van der Waals surface area contributed by atoms with Crippen molar-refractivity contribution in [3.8, 4) is 0 Å². The molecule has 3 rings (SSSR count). The summed E-state index contributed by atoms with van der Waals surface area (Å²) in [5.74, 6) is -1.19. The maximum atomic E-state index is 13.3. The first kappa shape index (κ1) is 13.3. The maximum absolute atomic E-state index is 13.3. The van der Waals surface area contributed by atoms with Crippen LogP contribution in [0.1, 0.15) is 35.1 Å². The van der Waals surface area contributed by atoms with Gasteiger partial charge in [-0.05, 0) is 54.6 Å². The first-order valence-corrected chi connectivity index (χ1v) is 6.89. The number of rotatable bonds is 3. The van der Waals surface area contributed by atoms with Gasteiger partial charge < -0.3 is 5.32 Å². The van der Waals surface area contributed by atoms with Crippen LogP contribution in [0.2, 0.25) is 0 Å². The maximum Gasteiger partial charge on any atom is 0.159 e.